The molecule has 1 aromatic heterocycles. The van der Waals surface area contributed by atoms with Crippen LogP contribution < -0.4 is 0 Å². The Morgan fingerprint density at radius 2 is 1.89 bits per heavy atom. The van der Waals surface area contributed by atoms with E-state index in [9.17, 15) is 0 Å². The number of likely N-dealkylation sites (tertiary alicyclic amines) is 1. The molecule has 3 rings (SSSR count). The Hall–Kier alpha value is -1.68. The van der Waals surface area contributed by atoms with Crippen LogP contribution in [0.5, 0.6) is 0 Å². The van der Waals surface area contributed by atoms with Gasteiger partial charge in [0.15, 0.2) is 0 Å². The third kappa shape index (κ3) is 2.76. The van der Waals surface area contributed by atoms with Crippen molar-refractivity contribution in [3.05, 3.63) is 48.5 Å². The number of benzene rings is 1. The molecule has 0 amide bonds. The van der Waals surface area contributed by atoms with Gasteiger partial charge in [0.25, 0.3) is 0 Å². The molecule has 4 heteroatoms. The van der Waals surface area contributed by atoms with Gasteiger partial charge in [-0.2, -0.15) is 0 Å². The molecule has 4 nitrogen and oxygen atoms in total. The highest BCUT2D eigenvalue weighted by Gasteiger charge is 2.22. The van der Waals surface area contributed by atoms with Crippen molar-refractivity contribution < 1.29 is 0 Å². The number of rotatable bonds is 4. The van der Waals surface area contributed by atoms with E-state index in [4.69, 9.17) is 0 Å². The fourth-order valence-electron chi connectivity index (χ4n) is 2.66. The van der Waals surface area contributed by atoms with Gasteiger partial charge in [0.1, 0.15) is 12.7 Å². The van der Waals surface area contributed by atoms with Crippen LogP contribution in [0.4, 0.5) is 0 Å². The second-order valence-electron chi connectivity index (χ2n) is 5.03. The summed E-state index contributed by atoms with van der Waals surface area (Å²) in [5.74, 6) is 0.727. The average molecular weight is 242 g/mol. The number of aromatic nitrogens is 3. The molecule has 0 bridgehead atoms. The van der Waals surface area contributed by atoms with Crippen molar-refractivity contribution in [1.29, 1.82) is 0 Å². The van der Waals surface area contributed by atoms with Crippen LogP contribution in [0, 0.1) is 5.92 Å². The van der Waals surface area contributed by atoms with E-state index in [1.54, 1.807) is 12.7 Å². The van der Waals surface area contributed by atoms with Crippen LogP contribution in [0.1, 0.15) is 12.0 Å². The smallest absolute Gasteiger partial charge is 0.119 e. The molecule has 1 aliphatic rings. The van der Waals surface area contributed by atoms with Gasteiger partial charge in [-0.15, -0.1) is 10.2 Å². The molecule has 0 radical (unpaired) electrons. The van der Waals surface area contributed by atoms with Gasteiger partial charge < -0.3 is 4.57 Å². The first-order valence-electron chi connectivity index (χ1n) is 6.49. The Balaban J connectivity index is 1.52. The Labute approximate surface area is 107 Å². The molecule has 1 aliphatic heterocycles. The van der Waals surface area contributed by atoms with E-state index in [1.807, 2.05) is 0 Å². The van der Waals surface area contributed by atoms with Crippen LogP contribution in [0.3, 0.4) is 0 Å². The highest BCUT2D eigenvalue weighted by atomic mass is 15.2. The van der Waals surface area contributed by atoms with E-state index < -0.39 is 0 Å². The number of nitrogens with zero attached hydrogens (tertiary/aromatic N) is 4. The minimum atomic E-state index is 0.727. The lowest BCUT2D eigenvalue weighted by Crippen LogP contribution is -2.21. The third-order valence-electron chi connectivity index (χ3n) is 3.55. The molecule has 1 atom stereocenters. The normalized spacial score (nSPS) is 20.3. The molecular formula is C14H18N4. The van der Waals surface area contributed by atoms with Gasteiger partial charge in [0.2, 0.25) is 0 Å². The zero-order valence-electron chi connectivity index (χ0n) is 10.4. The van der Waals surface area contributed by atoms with Crippen molar-refractivity contribution in [3.8, 4) is 0 Å². The molecule has 1 saturated heterocycles. The molecule has 0 saturated carbocycles. The van der Waals surface area contributed by atoms with Crippen molar-refractivity contribution in [2.24, 2.45) is 5.92 Å². The van der Waals surface area contributed by atoms with Gasteiger partial charge in [-0.25, -0.2) is 0 Å². The lowest BCUT2D eigenvalue weighted by Gasteiger charge is -2.16. The van der Waals surface area contributed by atoms with Crippen LogP contribution in [0.2, 0.25) is 0 Å². The second kappa shape index (κ2) is 5.31. The van der Waals surface area contributed by atoms with Crippen molar-refractivity contribution in [1.82, 2.24) is 19.7 Å². The first-order chi connectivity index (χ1) is 8.90. The van der Waals surface area contributed by atoms with E-state index in [0.29, 0.717) is 0 Å². The predicted octanol–water partition coefficient (Wildman–Crippen LogP) is 1.80. The highest BCUT2D eigenvalue weighted by molar-refractivity contribution is 5.14. The first kappa shape index (κ1) is 11.4. The Kier molecular flexibility index (Phi) is 3.37. The van der Waals surface area contributed by atoms with Gasteiger partial charge >= 0.3 is 0 Å². The second-order valence-corrected chi connectivity index (χ2v) is 5.03. The van der Waals surface area contributed by atoms with Crippen LogP contribution >= 0.6 is 0 Å². The molecule has 1 aromatic carbocycles. The highest BCUT2D eigenvalue weighted by Crippen LogP contribution is 2.19. The molecule has 94 valence electrons. The Morgan fingerprint density at radius 1 is 1.11 bits per heavy atom. The maximum atomic E-state index is 3.85. The lowest BCUT2D eigenvalue weighted by atomic mass is 10.1. The fourth-order valence-corrected chi connectivity index (χ4v) is 2.66. The van der Waals surface area contributed by atoms with Crippen molar-refractivity contribution in [3.63, 3.8) is 0 Å². The molecule has 0 aliphatic carbocycles. The van der Waals surface area contributed by atoms with Gasteiger partial charge in [0, 0.05) is 19.6 Å². The summed E-state index contributed by atoms with van der Waals surface area (Å²) in [4.78, 5) is 2.53. The maximum Gasteiger partial charge on any atom is 0.119 e. The van der Waals surface area contributed by atoms with E-state index >= 15 is 0 Å². The number of hydrogen-bond acceptors (Lipinski definition) is 3. The summed E-state index contributed by atoms with van der Waals surface area (Å²) in [5.41, 5.74) is 1.41. The molecule has 18 heavy (non-hydrogen) atoms. The predicted molar refractivity (Wildman–Crippen MR) is 69.8 cm³/mol. The standard InChI is InChI=1S/C14H18N4/c1-2-4-13(5-3-1)8-17-7-6-14(9-17)10-18-11-15-16-12-18/h1-5,11-12,14H,6-10H2/t14-/m0/s1. The van der Waals surface area contributed by atoms with Gasteiger partial charge in [0.05, 0.1) is 0 Å². The lowest BCUT2D eigenvalue weighted by molar-refractivity contribution is 0.309. The maximum absolute atomic E-state index is 3.85. The molecule has 0 spiro atoms. The Bertz CT molecular complexity index is 466. The summed E-state index contributed by atoms with van der Waals surface area (Å²) >= 11 is 0. The zero-order chi connectivity index (χ0) is 12.2. The van der Waals surface area contributed by atoms with Gasteiger partial charge in [-0.05, 0) is 24.4 Å². The molecule has 1 fully saturated rings. The van der Waals surface area contributed by atoms with Crippen LogP contribution in [0.25, 0.3) is 0 Å². The van der Waals surface area contributed by atoms with Gasteiger partial charge in [-0.3, -0.25) is 4.90 Å². The van der Waals surface area contributed by atoms with Crippen molar-refractivity contribution in [2.75, 3.05) is 13.1 Å². The van der Waals surface area contributed by atoms with E-state index in [-0.39, 0.29) is 0 Å². The minimum Gasteiger partial charge on any atom is -0.320 e. The SMILES string of the molecule is c1ccc(CN2CC[C@H](Cn3cnnc3)C2)cc1. The molecule has 0 N–H and O–H groups in total. The molecule has 2 aromatic rings. The van der Waals surface area contributed by atoms with Crippen LogP contribution in [-0.2, 0) is 13.1 Å². The van der Waals surface area contributed by atoms with Crippen LogP contribution in [0.15, 0.2) is 43.0 Å². The van der Waals surface area contributed by atoms with E-state index in [1.165, 1.54) is 25.1 Å². The molecule has 0 unspecified atom stereocenters. The van der Waals surface area contributed by atoms with E-state index in [0.717, 1.165) is 19.0 Å². The van der Waals surface area contributed by atoms with Crippen LogP contribution in [-0.4, -0.2) is 32.8 Å². The quantitative estimate of drug-likeness (QED) is 0.820. The summed E-state index contributed by atoms with van der Waals surface area (Å²) in [6, 6.07) is 10.7. The zero-order valence-corrected chi connectivity index (χ0v) is 10.4. The Morgan fingerprint density at radius 3 is 2.67 bits per heavy atom. The van der Waals surface area contributed by atoms with Gasteiger partial charge in [-0.1, -0.05) is 30.3 Å². The fraction of sp³-hybridized carbons (Fsp3) is 0.429. The van der Waals surface area contributed by atoms with E-state index in [2.05, 4.69) is 50.0 Å². The number of hydrogen-bond donors (Lipinski definition) is 0. The summed E-state index contributed by atoms with van der Waals surface area (Å²) in [5, 5.41) is 7.70. The minimum absolute atomic E-state index is 0.727. The summed E-state index contributed by atoms with van der Waals surface area (Å²) < 4.78 is 2.08. The third-order valence-corrected chi connectivity index (χ3v) is 3.55. The topological polar surface area (TPSA) is 34.0 Å². The monoisotopic (exact) mass is 242 g/mol. The molecule has 2 heterocycles. The molecular weight excluding hydrogens is 224 g/mol. The first-order valence-corrected chi connectivity index (χ1v) is 6.49. The average Bonchev–Trinajstić information content (AvgIpc) is 3.03. The largest absolute Gasteiger partial charge is 0.320 e. The summed E-state index contributed by atoms with van der Waals surface area (Å²) in [6.45, 7) is 4.48. The summed E-state index contributed by atoms with van der Waals surface area (Å²) in [6.07, 6.45) is 4.88. The van der Waals surface area contributed by atoms with Crippen molar-refractivity contribution in [2.45, 2.75) is 19.5 Å². The van der Waals surface area contributed by atoms with Crippen molar-refractivity contribution >= 4 is 0 Å². The summed E-state index contributed by atoms with van der Waals surface area (Å²) in [7, 11) is 0.